The van der Waals surface area contributed by atoms with Crippen molar-refractivity contribution in [3.05, 3.63) is 75.8 Å². The molecule has 0 spiro atoms. The standard InChI is InChI=1S/C24H35NS.C2H6/c1-8-17(4)11-12-21(9-2)24(10-3)26-16-18(5)13-22-14-20(7)23(25)15-19(22)6;1-2/h9,11-12,14-16,24H,2,8,10,13,25H2,1,3-7H3;1-2H3/b17-11+,18-16+,21-12+;. The smallest absolute Gasteiger partial charge is 0.0346 e. The predicted octanol–water partition coefficient (Wildman–Crippen LogP) is 8.34. The van der Waals surface area contributed by atoms with Gasteiger partial charge in [0.2, 0.25) is 0 Å². The second-order valence-corrected chi connectivity index (χ2v) is 8.12. The van der Waals surface area contributed by atoms with Gasteiger partial charge in [0.25, 0.3) is 0 Å². The van der Waals surface area contributed by atoms with Crippen LogP contribution in [0.3, 0.4) is 0 Å². The zero-order valence-corrected chi connectivity index (χ0v) is 20.2. The Morgan fingerprint density at radius 3 is 2.25 bits per heavy atom. The molecule has 1 rings (SSSR count). The molecule has 1 aromatic rings. The highest BCUT2D eigenvalue weighted by atomic mass is 32.2. The Morgan fingerprint density at radius 1 is 1.07 bits per heavy atom. The van der Waals surface area contributed by atoms with Gasteiger partial charge in [0, 0.05) is 10.9 Å². The van der Waals surface area contributed by atoms with Crippen LogP contribution in [0.4, 0.5) is 5.69 Å². The third kappa shape index (κ3) is 9.01. The molecule has 156 valence electrons. The average molecular weight is 400 g/mol. The molecule has 0 saturated heterocycles. The van der Waals surface area contributed by atoms with E-state index in [2.05, 4.69) is 77.8 Å². The van der Waals surface area contributed by atoms with Crippen molar-refractivity contribution in [1.29, 1.82) is 0 Å². The average Bonchev–Trinajstić information content (AvgIpc) is 2.69. The van der Waals surface area contributed by atoms with E-state index in [1.54, 1.807) is 0 Å². The minimum atomic E-state index is 0.442. The van der Waals surface area contributed by atoms with E-state index in [0.717, 1.165) is 30.5 Å². The van der Waals surface area contributed by atoms with Gasteiger partial charge in [-0.1, -0.05) is 69.7 Å². The fourth-order valence-corrected chi connectivity index (χ4v) is 3.71. The number of anilines is 1. The molecule has 0 aliphatic carbocycles. The fourth-order valence-electron chi connectivity index (χ4n) is 2.70. The summed E-state index contributed by atoms with van der Waals surface area (Å²) < 4.78 is 0. The van der Waals surface area contributed by atoms with E-state index in [0.29, 0.717) is 5.25 Å². The molecular weight excluding hydrogens is 358 g/mol. The molecule has 1 aromatic carbocycles. The van der Waals surface area contributed by atoms with Crippen molar-refractivity contribution in [2.24, 2.45) is 0 Å². The molecule has 0 aliphatic heterocycles. The number of allylic oxidation sites excluding steroid dienone is 5. The van der Waals surface area contributed by atoms with Gasteiger partial charge in [0.1, 0.15) is 0 Å². The fraction of sp³-hybridized carbons (Fsp3) is 0.462. The van der Waals surface area contributed by atoms with Crippen molar-refractivity contribution in [2.45, 2.75) is 79.9 Å². The third-order valence-electron chi connectivity index (χ3n) is 4.72. The van der Waals surface area contributed by atoms with Gasteiger partial charge in [-0.25, -0.2) is 0 Å². The Balaban J connectivity index is 0.00000352. The first-order chi connectivity index (χ1) is 13.3. The number of rotatable bonds is 9. The first kappa shape index (κ1) is 26.3. The van der Waals surface area contributed by atoms with E-state index in [-0.39, 0.29) is 0 Å². The molecule has 0 amide bonds. The Morgan fingerprint density at radius 2 is 1.71 bits per heavy atom. The number of hydrogen-bond donors (Lipinski definition) is 1. The van der Waals surface area contributed by atoms with Crippen LogP contribution in [-0.2, 0) is 6.42 Å². The molecule has 0 aromatic heterocycles. The Bertz CT molecular complexity index is 707. The van der Waals surface area contributed by atoms with Crippen LogP contribution in [0.2, 0.25) is 0 Å². The van der Waals surface area contributed by atoms with Gasteiger partial charge in [-0.15, -0.1) is 11.8 Å². The molecule has 1 unspecified atom stereocenters. The lowest BCUT2D eigenvalue weighted by Gasteiger charge is -2.15. The van der Waals surface area contributed by atoms with Gasteiger partial charge in [0.05, 0.1) is 0 Å². The molecule has 0 bridgehead atoms. The molecular formula is C26H41NS. The van der Waals surface area contributed by atoms with Crippen LogP contribution >= 0.6 is 11.8 Å². The van der Waals surface area contributed by atoms with E-state index in [1.165, 1.54) is 27.8 Å². The maximum absolute atomic E-state index is 6.01. The van der Waals surface area contributed by atoms with E-state index in [4.69, 9.17) is 5.73 Å². The lowest BCUT2D eigenvalue weighted by atomic mass is 9.99. The lowest BCUT2D eigenvalue weighted by Crippen LogP contribution is -2.02. The van der Waals surface area contributed by atoms with Crippen molar-refractivity contribution in [1.82, 2.24) is 0 Å². The Kier molecular flexibility index (Phi) is 13.5. The molecule has 0 aliphatic rings. The summed E-state index contributed by atoms with van der Waals surface area (Å²) in [5.41, 5.74) is 14.7. The minimum Gasteiger partial charge on any atom is -0.399 e. The number of thioether (sulfide) groups is 1. The van der Waals surface area contributed by atoms with Crippen LogP contribution in [-0.4, -0.2) is 5.25 Å². The Hall–Kier alpha value is -1.67. The van der Waals surface area contributed by atoms with Gasteiger partial charge >= 0.3 is 0 Å². The summed E-state index contributed by atoms with van der Waals surface area (Å²) in [4.78, 5) is 0. The summed E-state index contributed by atoms with van der Waals surface area (Å²) in [5.74, 6) is 0. The third-order valence-corrected chi connectivity index (χ3v) is 6.20. The summed E-state index contributed by atoms with van der Waals surface area (Å²) in [6.45, 7) is 21.0. The molecule has 0 fully saturated rings. The number of benzene rings is 1. The minimum absolute atomic E-state index is 0.442. The van der Waals surface area contributed by atoms with E-state index >= 15 is 0 Å². The maximum atomic E-state index is 6.01. The molecule has 0 radical (unpaired) electrons. The summed E-state index contributed by atoms with van der Waals surface area (Å²) in [6.07, 6.45) is 9.59. The van der Waals surface area contributed by atoms with Crippen LogP contribution in [0.1, 0.15) is 71.1 Å². The molecule has 0 heterocycles. The quantitative estimate of drug-likeness (QED) is 0.333. The summed E-state index contributed by atoms with van der Waals surface area (Å²) in [5, 5.41) is 2.75. The Labute approximate surface area is 178 Å². The van der Waals surface area contributed by atoms with Gasteiger partial charge in [0.15, 0.2) is 0 Å². The zero-order chi connectivity index (χ0) is 21.7. The molecule has 28 heavy (non-hydrogen) atoms. The van der Waals surface area contributed by atoms with Crippen molar-refractivity contribution in [3.63, 3.8) is 0 Å². The van der Waals surface area contributed by atoms with Crippen LogP contribution in [0.25, 0.3) is 0 Å². The van der Waals surface area contributed by atoms with E-state index in [1.807, 2.05) is 31.7 Å². The molecule has 1 atom stereocenters. The highest BCUT2D eigenvalue weighted by Crippen LogP contribution is 2.27. The molecule has 1 nitrogen and oxygen atoms in total. The zero-order valence-electron chi connectivity index (χ0n) is 19.4. The van der Waals surface area contributed by atoms with Crippen molar-refractivity contribution in [3.8, 4) is 0 Å². The van der Waals surface area contributed by atoms with E-state index in [9.17, 15) is 0 Å². The molecule has 0 saturated carbocycles. The van der Waals surface area contributed by atoms with Crippen molar-refractivity contribution in [2.75, 3.05) is 5.73 Å². The maximum Gasteiger partial charge on any atom is 0.0346 e. The van der Waals surface area contributed by atoms with Crippen molar-refractivity contribution >= 4 is 17.4 Å². The van der Waals surface area contributed by atoms with Crippen LogP contribution < -0.4 is 5.73 Å². The highest BCUT2D eigenvalue weighted by Gasteiger charge is 2.09. The second kappa shape index (κ2) is 14.3. The first-order valence-corrected chi connectivity index (χ1v) is 11.4. The van der Waals surface area contributed by atoms with Crippen LogP contribution in [0.5, 0.6) is 0 Å². The number of nitrogens with two attached hydrogens (primary N) is 1. The monoisotopic (exact) mass is 399 g/mol. The SMILES string of the molecule is C=C/C(=C\C=C(/C)CC)C(CC)S/C=C(\C)Cc1cc(C)c(N)cc1C.CC. The van der Waals surface area contributed by atoms with Crippen molar-refractivity contribution < 1.29 is 0 Å². The van der Waals surface area contributed by atoms with Gasteiger partial charge in [-0.2, -0.15) is 0 Å². The number of nitrogen functional groups attached to an aromatic ring is 1. The van der Waals surface area contributed by atoms with E-state index < -0.39 is 0 Å². The molecule has 2 N–H and O–H groups in total. The summed E-state index contributed by atoms with van der Waals surface area (Å²) >= 11 is 1.90. The summed E-state index contributed by atoms with van der Waals surface area (Å²) in [7, 11) is 0. The second-order valence-electron chi connectivity index (χ2n) is 7.05. The molecule has 2 heteroatoms. The highest BCUT2D eigenvalue weighted by molar-refractivity contribution is 8.02. The summed E-state index contributed by atoms with van der Waals surface area (Å²) in [6, 6.07) is 4.30. The largest absolute Gasteiger partial charge is 0.399 e. The van der Waals surface area contributed by atoms with Crippen LogP contribution in [0, 0.1) is 13.8 Å². The van der Waals surface area contributed by atoms with Gasteiger partial charge in [-0.05, 0) is 80.7 Å². The van der Waals surface area contributed by atoms with Gasteiger partial charge in [-0.3, -0.25) is 0 Å². The van der Waals surface area contributed by atoms with Gasteiger partial charge < -0.3 is 5.73 Å². The normalized spacial score (nSPS) is 13.6. The number of aryl methyl sites for hydroxylation is 2. The topological polar surface area (TPSA) is 26.0 Å². The first-order valence-electron chi connectivity index (χ1n) is 10.5. The number of hydrogen-bond acceptors (Lipinski definition) is 2. The predicted molar refractivity (Wildman–Crippen MR) is 133 cm³/mol. The van der Waals surface area contributed by atoms with Crippen LogP contribution in [0.15, 0.2) is 59.1 Å². The lowest BCUT2D eigenvalue weighted by molar-refractivity contribution is 0.948.